The molecule has 1 aromatic rings. The highest BCUT2D eigenvalue weighted by Gasteiger charge is 2.23. The molecule has 0 radical (unpaired) electrons. The molecular formula is C19H27N3O5. The molecule has 1 aromatic carbocycles. The number of amides is 2. The highest BCUT2D eigenvalue weighted by atomic mass is 16.5. The molecule has 8 heteroatoms. The first-order valence-electron chi connectivity index (χ1n) is 9.00. The summed E-state index contributed by atoms with van der Waals surface area (Å²) in [4.78, 5) is 37.3. The molecule has 0 bridgehead atoms. The fraction of sp³-hybridized carbons (Fsp3) is 0.526. The second kappa shape index (κ2) is 8.75. The summed E-state index contributed by atoms with van der Waals surface area (Å²) in [6.45, 7) is 5.31. The number of anilines is 2. The van der Waals surface area contributed by atoms with Gasteiger partial charge in [0, 0.05) is 25.0 Å². The number of aliphatic carboxylic acids is 1. The van der Waals surface area contributed by atoms with Gasteiger partial charge in [0.2, 0.25) is 0 Å². The number of hydrogen-bond donors (Lipinski definition) is 3. The molecule has 0 spiro atoms. The normalized spacial score (nSPS) is 14.0. The number of nitrogens with one attached hydrogen (secondary N) is 2. The molecule has 0 atom stereocenters. The van der Waals surface area contributed by atoms with Gasteiger partial charge in [0.25, 0.3) is 0 Å². The Balaban J connectivity index is 2.17. The molecule has 0 aromatic heterocycles. The molecule has 0 aliphatic carbocycles. The van der Waals surface area contributed by atoms with E-state index in [-0.39, 0.29) is 6.42 Å². The number of urea groups is 1. The van der Waals surface area contributed by atoms with Crippen molar-refractivity contribution in [2.45, 2.75) is 45.1 Å². The fourth-order valence-corrected chi connectivity index (χ4v) is 3.06. The molecule has 8 nitrogen and oxygen atoms in total. The van der Waals surface area contributed by atoms with Crippen LogP contribution in [0.4, 0.5) is 16.2 Å². The number of esters is 1. The Morgan fingerprint density at radius 1 is 1.22 bits per heavy atom. The van der Waals surface area contributed by atoms with E-state index in [1.54, 1.807) is 26.0 Å². The van der Waals surface area contributed by atoms with Crippen LogP contribution < -0.4 is 15.5 Å². The predicted octanol–water partition coefficient (Wildman–Crippen LogP) is 2.84. The number of ether oxygens (including phenoxy) is 1. The van der Waals surface area contributed by atoms with Gasteiger partial charge < -0.3 is 25.4 Å². The summed E-state index contributed by atoms with van der Waals surface area (Å²) in [5.74, 6) is -1.39. The van der Waals surface area contributed by atoms with Crippen LogP contribution in [0.25, 0.3) is 0 Å². The van der Waals surface area contributed by atoms with Crippen LogP contribution in [0.15, 0.2) is 18.2 Å². The number of carbonyl (C=O) groups excluding carboxylic acids is 2. The Hall–Kier alpha value is -2.77. The standard InChI is InChI=1S/C19H27N3O5/c1-19(2,9-8-16(23)24)21-18(26)20-14-12-13(17(25)27-3)6-7-15(14)22-10-4-5-11-22/h6-7,12H,4-5,8-11H2,1-3H3,(H,23,24)(H2,20,21,26). The average molecular weight is 377 g/mol. The number of methoxy groups -OCH3 is 1. The molecule has 148 valence electrons. The lowest BCUT2D eigenvalue weighted by molar-refractivity contribution is -0.137. The fourth-order valence-electron chi connectivity index (χ4n) is 3.06. The van der Waals surface area contributed by atoms with Crippen LogP contribution >= 0.6 is 0 Å². The zero-order chi connectivity index (χ0) is 20.0. The maximum Gasteiger partial charge on any atom is 0.337 e. The Bertz CT molecular complexity index is 711. The third-order valence-electron chi connectivity index (χ3n) is 4.53. The molecule has 2 amide bonds. The van der Waals surface area contributed by atoms with Crippen LogP contribution in [0.1, 0.15) is 49.9 Å². The summed E-state index contributed by atoms with van der Waals surface area (Å²) in [7, 11) is 1.31. The Labute approximate surface area is 158 Å². The Morgan fingerprint density at radius 2 is 1.89 bits per heavy atom. The van der Waals surface area contributed by atoms with E-state index in [9.17, 15) is 14.4 Å². The van der Waals surface area contributed by atoms with Crippen molar-refractivity contribution in [1.82, 2.24) is 5.32 Å². The largest absolute Gasteiger partial charge is 0.481 e. The summed E-state index contributed by atoms with van der Waals surface area (Å²) < 4.78 is 4.76. The van der Waals surface area contributed by atoms with Gasteiger partial charge in [0.15, 0.2) is 0 Å². The smallest absolute Gasteiger partial charge is 0.337 e. The molecule has 3 N–H and O–H groups in total. The zero-order valence-electron chi connectivity index (χ0n) is 16.0. The van der Waals surface area contributed by atoms with Crippen LogP contribution in [0.5, 0.6) is 0 Å². The first-order valence-corrected chi connectivity index (χ1v) is 9.00. The molecule has 1 aliphatic rings. The topological polar surface area (TPSA) is 108 Å². The summed E-state index contributed by atoms with van der Waals surface area (Å²) in [6, 6.07) is 4.64. The third kappa shape index (κ3) is 5.87. The van der Waals surface area contributed by atoms with Gasteiger partial charge in [-0.3, -0.25) is 4.79 Å². The molecule has 0 saturated carbocycles. The molecular weight excluding hydrogens is 350 g/mol. The van der Waals surface area contributed by atoms with Gasteiger partial charge in [-0.15, -0.1) is 0 Å². The van der Waals surface area contributed by atoms with Crippen LogP contribution in [-0.4, -0.2) is 48.8 Å². The van der Waals surface area contributed by atoms with Crippen molar-refractivity contribution in [1.29, 1.82) is 0 Å². The Morgan fingerprint density at radius 3 is 2.48 bits per heavy atom. The van der Waals surface area contributed by atoms with Crippen molar-refractivity contribution in [3.63, 3.8) is 0 Å². The van der Waals surface area contributed by atoms with E-state index in [4.69, 9.17) is 9.84 Å². The highest BCUT2D eigenvalue weighted by molar-refractivity contribution is 5.97. The second-order valence-corrected chi connectivity index (χ2v) is 7.27. The van der Waals surface area contributed by atoms with Crippen LogP contribution in [-0.2, 0) is 9.53 Å². The van der Waals surface area contributed by atoms with Crippen molar-refractivity contribution in [2.24, 2.45) is 0 Å². The molecule has 1 saturated heterocycles. The number of rotatable bonds is 7. The molecule has 1 fully saturated rings. The minimum Gasteiger partial charge on any atom is -0.481 e. The third-order valence-corrected chi connectivity index (χ3v) is 4.53. The van der Waals surface area contributed by atoms with Crippen LogP contribution in [0.3, 0.4) is 0 Å². The number of carbonyl (C=O) groups is 3. The van der Waals surface area contributed by atoms with E-state index >= 15 is 0 Å². The maximum atomic E-state index is 12.5. The lowest BCUT2D eigenvalue weighted by Crippen LogP contribution is -2.46. The minimum absolute atomic E-state index is 0.0376. The Kier molecular flexibility index (Phi) is 6.65. The summed E-state index contributed by atoms with van der Waals surface area (Å²) in [6.07, 6.45) is 2.42. The van der Waals surface area contributed by atoms with Crippen molar-refractivity contribution in [3.8, 4) is 0 Å². The van der Waals surface area contributed by atoms with Gasteiger partial charge in [-0.2, -0.15) is 0 Å². The van der Waals surface area contributed by atoms with Gasteiger partial charge in [-0.1, -0.05) is 0 Å². The predicted molar refractivity (Wildman–Crippen MR) is 102 cm³/mol. The molecule has 2 rings (SSSR count). The number of carboxylic acids is 1. The van der Waals surface area contributed by atoms with Gasteiger partial charge >= 0.3 is 18.0 Å². The lowest BCUT2D eigenvalue weighted by atomic mass is 9.99. The lowest BCUT2D eigenvalue weighted by Gasteiger charge is -2.27. The number of carboxylic acid groups (broad SMARTS) is 1. The van der Waals surface area contributed by atoms with E-state index in [1.807, 2.05) is 6.07 Å². The summed E-state index contributed by atoms with van der Waals surface area (Å²) >= 11 is 0. The minimum atomic E-state index is -0.910. The number of benzene rings is 1. The summed E-state index contributed by atoms with van der Waals surface area (Å²) in [5, 5.41) is 14.4. The van der Waals surface area contributed by atoms with Gasteiger partial charge in [-0.25, -0.2) is 9.59 Å². The zero-order valence-corrected chi connectivity index (χ0v) is 16.0. The van der Waals surface area contributed by atoms with Crippen molar-refractivity contribution >= 4 is 29.3 Å². The van der Waals surface area contributed by atoms with E-state index in [0.29, 0.717) is 17.7 Å². The first kappa shape index (κ1) is 20.5. The second-order valence-electron chi connectivity index (χ2n) is 7.27. The van der Waals surface area contributed by atoms with Crippen molar-refractivity contribution < 1.29 is 24.2 Å². The van der Waals surface area contributed by atoms with E-state index in [2.05, 4.69) is 15.5 Å². The van der Waals surface area contributed by atoms with E-state index < -0.39 is 23.5 Å². The molecule has 1 aliphatic heterocycles. The molecule has 0 unspecified atom stereocenters. The highest BCUT2D eigenvalue weighted by Crippen LogP contribution is 2.30. The van der Waals surface area contributed by atoms with E-state index in [0.717, 1.165) is 31.6 Å². The van der Waals surface area contributed by atoms with Crippen LogP contribution in [0.2, 0.25) is 0 Å². The van der Waals surface area contributed by atoms with Crippen molar-refractivity contribution in [3.05, 3.63) is 23.8 Å². The summed E-state index contributed by atoms with van der Waals surface area (Å²) in [5.41, 5.74) is 1.03. The first-order chi connectivity index (χ1) is 12.7. The van der Waals surface area contributed by atoms with E-state index in [1.165, 1.54) is 7.11 Å². The average Bonchev–Trinajstić information content (AvgIpc) is 3.13. The number of nitrogens with zero attached hydrogens (tertiary/aromatic N) is 1. The van der Waals surface area contributed by atoms with Crippen LogP contribution in [0, 0.1) is 0 Å². The quantitative estimate of drug-likeness (QED) is 0.631. The van der Waals surface area contributed by atoms with Gasteiger partial charge in [0.05, 0.1) is 24.0 Å². The molecule has 27 heavy (non-hydrogen) atoms. The van der Waals surface area contributed by atoms with Gasteiger partial charge in [0.1, 0.15) is 0 Å². The molecule has 1 heterocycles. The van der Waals surface area contributed by atoms with Crippen molar-refractivity contribution in [2.75, 3.05) is 30.4 Å². The SMILES string of the molecule is COC(=O)c1ccc(N2CCCC2)c(NC(=O)NC(C)(C)CCC(=O)O)c1. The van der Waals surface area contributed by atoms with Gasteiger partial charge in [-0.05, 0) is 51.3 Å². The number of hydrogen-bond acceptors (Lipinski definition) is 5. The monoisotopic (exact) mass is 377 g/mol. The maximum absolute atomic E-state index is 12.5.